The van der Waals surface area contributed by atoms with E-state index in [-0.39, 0.29) is 23.0 Å². The zero-order valence-electron chi connectivity index (χ0n) is 23.7. The lowest BCUT2D eigenvalue weighted by Gasteiger charge is -2.43. The molecular weight excluding hydrogens is 540 g/mol. The average Bonchev–Trinajstić information content (AvgIpc) is 3.01. The first-order chi connectivity index (χ1) is 20.4. The quantitative estimate of drug-likeness (QED) is 0.282. The number of nitro benzene ring substituents is 1. The van der Waals surface area contributed by atoms with Crippen molar-refractivity contribution in [2.45, 2.75) is 18.9 Å². The molecule has 2 amide bonds. The number of rotatable bonds is 10. The van der Waals surface area contributed by atoms with E-state index in [2.05, 4.69) is 10.2 Å². The molecule has 1 saturated heterocycles. The van der Waals surface area contributed by atoms with E-state index in [9.17, 15) is 19.7 Å². The van der Waals surface area contributed by atoms with E-state index >= 15 is 0 Å². The normalized spacial score (nSPS) is 18.7. The van der Waals surface area contributed by atoms with E-state index in [1.807, 2.05) is 31.2 Å². The number of nitrogens with one attached hydrogen (secondary N) is 1. The number of ether oxygens (including phenoxy) is 3. The summed E-state index contributed by atoms with van der Waals surface area (Å²) < 4.78 is 16.5. The van der Waals surface area contributed by atoms with E-state index < -0.39 is 22.8 Å². The molecule has 1 fully saturated rings. The fraction of sp³-hybridized carbons (Fsp3) is 0.355. The van der Waals surface area contributed by atoms with Crippen LogP contribution >= 0.6 is 0 Å². The molecule has 220 valence electrons. The first-order valence-electron chi connectivity index (χ1n) is 14.0. The Balaban J connectivity index is 1.57. The molecule has 0 spiro atoms. The van der Waals surface area contributed by atoms with Crippen molar-refractivity contribution in [2.24, 2.45) is 0 Å². The minimum atomic E-state index is -0.814. The topological polar surface area (TPSA) is 123 Å². The van der Waals surface area contributed by atoms with Crippen LogP contribution in [-0.2, 0) is 9.53 Å². The molecule has 0 radical (unpaired) electrons. The first-order valence-corrected chi connectivity index (χ1v) is 14.0. The molecule has 11 heteroatoms. The lowest BCUT2D eigenvalue weighted by atomic mass is 9.79. The predicted octanol–water partition coefficient (Wildman–Crippen LogP) is 4.25. The van der Waals surface area contributed by atoms with Gasteiger partial charge in [0.1, 0.15) is 11.5 Å². The van der Waals surface area contributed by atoms with Crippen LogP contribution in [0.25, 0.3) is 0 Å². The van der Waals surface area contributed by atoms with Crippen LogP contribution in [0, 0.1) is 10.1 Å². The van der Waals surface area contributed by atoms with Crippen molar-refractivity contribution in [3.63, 3.8) is 0 Å². The lowest BCUT2D eigenvalue weighted by molar-refractivity contribution is -0.384. The van der Waals surface area contributed by atoms with Crippen LogP contribution in [0.1, 0.15) is 40.4 Å². The van der Waals surface area contributed by atoms with Gasteiger partial charge in [-0.25, -0.2) is 0 Å². The van der Waals surface area contributed by atoms with Crippen LogP contribution in [0.5, 0.6) is 11.5 Å². The summed E-state index contributed by atoms with van der Waals surface area (Å²) in [5.74, 6) is -0.411. The van der Waals surface area contributed by atoms with Gasteiger partial charge in [-0.1, -0.05) is 30.3 Å². The summed E-state index contributed by atoms with van der Waals surface area (Å²) in [7, 11) is 1.43. The summed E-state index contributed by atoms with van der Waals surface area (Å²) in [5.41, 5.74) is 1.81. The second kappa shape index (κ2) is 13.0. The summed E-state index contributed by atoms with van der Waals surface area (Å²) in [6, 6.07) is 18.0. The number of nitro groups is 1. The molecule has 11 nitrogen and oxygen atoms in total. The Morgan fingerprint density at radius 1 is 1.07 bits per heavy atom. The molecule has 0 saturated carbocycles. The van der Waals surface area contributed by atoms with Gasteiger partial charge in [0.15, 0.2) is 0 Å². The molecule has 0 aromatic heterocycles. The molecule has 0 bridgehead atoms. The molecule has 3 aromatic carbocycles. The van der Waals surface area contributed by atoms with Gasteiger partial charge >= 0.3 is 0 Å². The zero-order valence-corrected chi connectivity index (χ0v) is 23.7. The summed E-state index contributed by atoms with van der Waals surface area (Å²) >= 11 is 0. The van der Waals surface area contributed by atoms with Crippen molar-refractivity contribution in [1.29, 1.82) is 0 Å². The monoisotopic (exact) mass is 574 g/mol. The maximum atomic E-state index is 14.3. The summed E-state index contributed by atoms with van der Waals surface area (Å²) in [6.45, 7) is 6.24. The van der Waals surface area contributed by atoms with Gasteiger partial charge in [0.25, 0.3) is 11.6 Å². The number of morpholine rings is 1. The van der Waals surface area contributed by atoms with E-state index in [0.29, 0.717) is 49.8 Å². The van der Waals surface area contributed by atoms with Gasteiger partial charge in [-0.15, -0.1) is 0 Å². The Hall–Kier alpha value is -4.48. The molecule has 5 rings (SSSR count). The van der Waals surface area contributed by atoms with E-state index in [1.54, 1.807) is 29.2 Å². The lowest BCUT2D eigenvalue weighted by Crippen LogP contribution is -2.49. The average molecular weight is 575 g/mol. The van der Waals surface area contributed by atoms with Crippen molar-refractivity contribution in [2.75, 3.05) is 58.4 Å². The number of nitrogens with zero attached hydrogens (tertiary/aromatic N) is 3. The third-order valence-corrected chi connectivity index (χ3v) is 7.67. The molecule has 2 atom stereocenters. The number of benzene rings is 3. The number of carbonyl (C=O) groups is 2. The molecule has 0 unspecified atom stereocenters. The Kier molecular flexibility index (Phi) is 8.99. The number of non-ortho nitro benzene ring substituents is 1. The van der Waals surface area contributed by atoms with E-state index in [1.165, 1.54) is 25.3 Å². The van der Waals surface area contributed by atoms with Gasteiger partial charge in [0, 0.05) is 43.9 Å². The largest absolute Gasteiger partial charge is 0.495 e. The minimum Gasteiger partial charge on any atom is -0.495 e. The van der Waals surface area contributed by atoms with Crippen LogP contribution in [0.2, 0.25) is 0 Å². The number of amides is 2. The Morgan fingerprint density at radius 2 is 1.81 bits per heavy atom. The number of methoxy groups -OCH3 is 1. The molecular formula is C31H34N4O7. The SMILES string of the molecule is CCOc1ccc([C@@H]2[C@@H](C(=O)Nc3cc([N+](=O)[O-])ccc3OC)c3ccccc3C(=O)N2CCN2CCOCC2)cc1. The number of anilines is 1. The number of carbonyl (C=O) groups excluding carboxylic acids is 2. The fourth-order valence-electron chi connectivity index (χ4n) is 5.61. The second-order valence-electron chi connectivity index (χ2n) is 10.1. The highest BCUT2D eigenvalue weighted by Crippen LogP contribution is 2.44. The van der Waals surface area contributed by atoms with Crippen molar-refractivity contribution < 1.29 is 28.7 Å². The number of fused-ring (bicyclic) bond motifs is 1. The van der Waals surface area contributed by atoms with Crippen molar-refractivity contribution >= 4 is 23.2 Å². The molecule has 42 heavy (non-hydrogen) atoms. The predicted molar refractivity (Wildman–Crippen MR) is 156 cm³/mol. The maximum absolute atomic E-state index is 14.3. The highest BCUT2D eigenvalue weighted by atomic mass is 16.6. The maximum Gasteiger partial charge on any atom is 0.271 e. The molecule has 2 heterocycles. The van der Waals surface area contributed by atoms with Crippen LogP contribution in [0.15, 0.2) is 66.7 Å². The number of hydrogen-bond acceptors (Lipinski definition) is 8. The van der Waals surface area contributed by atoms with Crippen LogP contribution < -0.4 is 14.8 Å². The third kappa shape index (κ3) is 6.07. The minimum absolute atomic E-state index is 0.158. The van der Waals surface area contributed by atoms with Gasteiger partial charge in [0.05, 0.1) is 49.5 Å². The summed E-state index contributed by atoms with van der Waals surface area (Å²) in [6.07, 6.45) is 0. The van der Waals surface area contributed by atoms with Gasteiger partial charge < -0.3 is 24.4 Å². The molecule has 2 aliphatic rings. The number of hydrogen-bond donors (Lipinski definition) is 1. The van der Waals surface area contributed by atoms with Crippen molar-refractivity contribution in [3.05, 3.63) is 93.5 Å². The van der Waals surface area contributed by atoms with Gasteiger partial charge in [-0.2, -0.15) is 0 Å². The zero-order chi connectivity index (χ0) is 29.6. The van der Waals surface area contributed by atoms with E-state index in [0.717, 1.165) is 18.7 Å². The highest BCUT2D eigenvalue weighted by Gasteiger charge is 2.44. The molecule has 1 N–H and O–H groups in total. The second-order valence-corrected chi connectivity index (χ2v) is 10.1. The Bertz CT molecular complexity index is 1440. The van der Waals surface area contributed by atoms with Crippen LogP contribution in [-0.4, -0.2) is 79.6 Å². The molecule has 3 aromatic rings. The Morgan fingerprint density at radius 3 is 2.50 bits per heavy atom. The smallest absolute Gasteiger partial charge is 0.271 e. The standard InChI is InChI=1S/C31H34N4O7/c1-3-42-23-11-8-21(9-12-23)29-28(30(36)32-26-20-22(35(38)39)10-13-27(26)40-2)24-6-4-5-7-25(24)31(37)34(29)15-14-33-16-18-41-19-17-33/h4-13,20,28-29H,3,14-19H2,1-2H3,(H,32,36)/t28-,29+/m0/s1. The Labute approximate surface area is 244 Å². The van der Waals surface area contributed by atoms with E-state index in [4.69, 9.17) is 14.2 Å². The van der Waals surface area contributed by atoms with Gasteiger partial charge in [-0.05, 0) is 42.3 Å². The van der Waals surface area contributed by atoms with Crippen molar-refractivity contribution in [3.8, 4) is 11.5 Å². The summed E-state index contributed by atoms with van der Waals surface area (Å²) in [4.78, 5) is 43.3. The van der Waals surface area contributed by atoms with Gasteiger partial charge in [0.2, 0.25) is 5.91 Å². The van der Waals surface area contributed by atoms with Gasteiger partial charge in [-0.3, -0.25) is 24.6 Å². The molecule has 2 aliphatic heterocycles. The molecule has 0 aliphatic carbocycles. The fourth-order valence-corrected chi connectivity index (χ4v) is 5.61. The highest BCUT2D eigenvalue weighted by molar-refractivity contribution is 6.05. The first kappa shape index (κ1) is 29.0. The summed E-state index contributed by atoms with van der Waals surface area (Å²) in [5, 5.41) is 14.4. The van der Waals surface area contributed by atoms with Crippen molar-refractivity contribution in [1.82, 2.24) is 9.80 Å². The van der Waals surface area contributed by atoms with Crippen LogP contribution in [0.4, 0.5) is 11.4 Å². The third-order valence-electron chi connectivity index (χ3n) is 7.67. The van der Waals surface area contributed by atoms with Crippen LogP contribution in [0.3, 0.4) is 0 Å².